The molecule has 0 bridgehead atoms. The quantitative estimate of drug-likeness (QED) is 0.850. The first-order valence-corrected chi connectivity index (χ1v) is 6.52. The Hall–Kier alpha value is -1.46. The summed E-state index contributed by atoms with van der Waals surface area (Å²) in [6.45, 7) is 4.22. The van der Waals surface area contributed by atoms with E-state index < -0.39 is 0 Å². The third-order valence-electron chi connectivity index (χ3n) is 3.36. The van der Waals surface area contributed by atoms with E-state index in [9.17, 15) is 5.11 Å². The minimum atomic E-state index is -0.363. The molecule has 1 heterocycles. The summed E-state index contributed by atoms with van der Waals surface area (Å²) in [7, 11) is 3.25. The van der Waals surface area contributed by atoms with Gasteiger partial charge >= 0.3 is 0 Å². The Kier molecular flexibility index (Phi) is 4.50. The minimum absolute atomic E-state index is 0.338. The van der Waals surface area contributed by atoms with Gasteiger partial charge in [0, 0.05) is 37.4 Å². The average Bonchev–Trinajstić information content (AvgIpc) is 2.59. The van der Waals surface area contributed by atoms with Gasteiger partial charge in [-0.15, -0.1) is 0 Å². The first-order valence-electron chi connectivity index (χ1n) is 6.52. The molecule has 5 heteroatoms. The molecule has 106 valence electrons. The summed E-state index contributed by atoms with van der Waals surface area (Å²) in [6.07, 6.45) is -0.363. The number of aliphatic hydroxyl groups is 1. The maximum atomic E-state index is 9.91. The van der Waals surface area contributed by atoms with Gasteiger partial charge in [0.05, 0.1) is 20.3 Å². The predicted octanol–water partition coefficient (Wildman–Crippen LogP) is 0.863. The summed E-state index contributed by atoms with van der Waals surface area (Å²) in [5.74, 6) is 1.42. The van der Waals surface area contributed by atoms with E-state index in [1.165, 1.54) is 0 Å². The van der Waals surface area contributed by atoms with Gasteiger partial charge in [-0.3, -0.25) is 0 Å². The van der Waals surface area contributed by atoms with Crippen LogP contribution in [0, 0.1) is 0 Å². The molecule has 5 nitrogen and oxygen atoms in total. The second-order valence-corrected chi connectivity index (χ2v) is 4.91. The van der Waals surface area contributed by atoms with E-state index in [-0.39, 0.29) is 6.10 Å². The van der Waals surface area contributed by atoms with Crippen LogP contribution in [0.5, 0.6) is 11.5 Å². The van der Waals surface area contributed by atoms with Gasteiger partial charge in [0.1, 0.15) is 0 Å². The van der Waals surface area contributed by atoms with Crippen LogP contribution in [0.2, 0.25) is 0 Å². The van der Waals surface area contributed by atoms with Crippen LogP contribution >= 0.6 is 0 Å². The highest BCUT2D eigenvalue weighted by Crippen LogP contribution is 2.31. The molecule has 1 aliphatic heterocycles. The molecule has 1 aliphatic rings. The molecule has 1 fully saturated rings. The summed E-state index contributed by atoms with van der Waals surface area (Å²) in [4.78, 5) is 2.16. The van der Waals surface area contributed by atoms with Crippen molar-refractivity contribution >= 4 is 5.69 Å². The Bertz CT molecular complexity index is 413. The Balaban J connectivity index is 2.24. The molecule has 0 radical (unpaired) electrons. The van der Waals surface area contributed by atoms with Crippen LogP contribution in [0.1, 0.15) is 6.92 Å². The molecule has 2 atom stereocenters. The number of β-amino-alcohol motifs (C(OH)–C–C–N with tert-alkyl or cyclic N) is 1. The number of rotatable bonds is 3. The predicted molar refractivity (Wildman–Crippen MR) is 75.2 cm³/mol. The van der Waals surface area contributed by atoms with Crippen molar-refractivity contribution in [2.75, 3.05) is 38.8 Å². The summed E-state index contributed by atoms with van der Waals surface area (Å²) in [5.41, 5.74) is 1.03. The Labute approximate surface area is 114 Å². The maximum absolute atomic E-state index is 9.91. The van der Waals surface area contributed by atoms with E-state index in [0.717, 1.165) is 12.2 Å². The third-order valence-corrected chi connectivity index (χ3v) is 3.36. The van der Waals surface area contributed by atoms with E-state index >= 15 is 0 Å². The molecular weight excluding hydrogens is 244 g/mol. The van der Waals surface area contributed by atoms with Crippen LogP contribution in [0.25, 0.3) is 0 Å². The van der Waals surface area contributed by atoms with Crippen LogP contribution in [0.4, 0.5) is 5.69 Å². The van der Waals surface area contributed by atoms with Crippen molar-refractivity contribution in [1.29, 1.82) is 0 Å². The van der Waals surface area contributed by atoms with E-state index in [1.807, 2.05) is 18.2 Å². The summed E-state index contributed by atoms with van der Waals surface area (Å²) in [6, 6.07) is 6.17. The average molecular weight is 266 g/mol. The second kappa shape index (κ2) is 6.12. The number of anilines is 1. The molecule has 2 unspecified atom stereocenters. The van der Waals surface area contributed by atoms with Crippen molar-refractivity contribution in [3.63, 3.8) is 0 Å². The monoisotopic (exact) mass is 266 g/mol. The molecule has 0 aromatic heterocycles. The lowest BCUT2D eigenvalue weighted by Crippen LogP contribution is -2.35. The zero-order valence-corrected chi connectivity index (χ0v) is 11.7. The van der Waals surface area contributed by atoms with E-state index in [4.69, 9.17) is 9.47 Å². The summed E-state index contributed by atoms with van der Waals surface area (Å²) in [5, 5.41) is 13.2. The SMILES string of the molecule is COc1ccc(N2CC(O)CNC(C)C2)cc1OC. The van der Waals surface area contributed by atoms with Gasteiger partial charge in [-0.25, -0.2) is 0 Å². The number of methoxy groups -OCH3 is 2. The molecule has 2 N–H and O–H groups in total. The number of aliphatic hydroxyl groups excluding tert-OH is 1. The number of nitrogens with zero attached hydrogens (tertiary/aromatic N) is 1. The molecule has 0 aliphatic carbocycles. The lowest BCUT2D eigenvalue weighted by Gasteiger charge is -2.26. The van der Waals surface area contributed by atoms with Gasteiger partial charge in [-0.1, -0.05) is 0 Å². The zero-order valence-electron chi connectivity index (χ0n) is 11.7. The lowest BCUT2D eigenvalue weighted by molar-refractivity contribution is 0.183. The van der Waals surface area contributed by atoms with Crippen molar-refractivity contribution < 1.29 is 14.6 Å². The van der Waals surface area contributed by atoms with E-state index in [1.54, 1.807) is 14.2 Å². The molecule has 0 saturated carbocycles. The standard InChI is InChI=1S/C14H22N2O3/c1-10-8-16(9-12(17)7-15-10)11-4-5-13(18-2)14(6-11)19-3/h4-6,10,12,15,17H,7-9H2,1-3H3. The van der Waals surface area contributed by atoms with Gasteiger partial charge in [0.25, 0.3) is 0 Å². The maximum Gasteiger partial charge on any atom is 0.162 e. The zero-order chi connectivity index (χ0) is 13.8. The number of benzene rings is 1. The number of hydrogen-bond acceptors (Lipinski definition) is 5. The normalized spacial score (nSPS) is 23.9. The Morgan fingerprint density at radius 2 is 1.95 bits per heavy atom. The first-order chi connectivity index (χ1) is 9.13. The van der Waals surface area contributed by atoms with Crippen molar-refractivity contribution in [1.82, 2.24) is 5.32 Å². The molecule has 1 aromatic carbocycles. The van der Waals surface area contributed by atoms with Gasteiger partial charge < -0.3 is 24.8 Å². The lowest BCUT2D eigenvalue weighted by atomic mass is 10.2. The fraction of sp³-hybridized carbons (Fsp3) is 0.571. The minimum Gasteiger partial charge on any atom is -0.493 e. The number of ether oxygens (including phenoxy) is 2. The van der Waals surface area contributed by atoms with Gasteiger partial charge in [-0.2, -0.15) is 0 Å². The van der Waals surface area contributed by atoms with Crippen molar-refractivity contribution in [3.05, 3.63) is 18.2 Å². The highest BCUT2D eigenvalue weighted by molar-refractivity contribution is 5.56. The molecule has 2 rings (SSSR count). The molecule has 19 heavy (non-hydrogen) atoms. The molecule has 0 spiro atoms. The third kappa shape index (κ3) is 3.30. The van der Waals surface area contributed by atoms with Crippen molar-refractivity contribution in [2.45, 2.75) is 19.1 Å². The first kappa shape index (κ1) is 14.0. The fourth-order valence-corrected chi connectivity index (χ4v) is 2.36. The number of nitrogens with one attached hydrogen (secondary N) is 1. The largest absolute Gasteiger partial charge is 0.493 e. The topological polar surface area (TPSA) is 54.0 Å². The van der Waals surface area contributed by atoms with Crippen molar-refractivity contribution in [3.8, 4) is 11.5 Å². The Morgan fingerprint density at radius 3 is 2.63 bits per heavy atom. The van der Waals surface area contributed by atoms with Crippen LogP contribution in [-0.4, -0.2) is 51.1 Å². The highest BCUT2D eigenvalue weighted by atomic mass is 16.5. The van der Waals surface area contributed by atoms with Gasteiger partial charge in [0.2, 0.25) is 0 Å². The van der Waals surface area contributed by atoms with Crippen LogP contribution in [-0.2, 0) is 0 Å². The van der Waals surface area contributed by atoms with Gasteiger partial charge in [0.15, 0.2) is 11.5 Å². The van der Waals surface area contributed by atoms with Crippen LogP contribution in [0.3, 0.4) is 0 Å². The van der Waals surface area contributed by atoms with E-state index in [2.05, 4.69) is 17.1 Å². The van der Waals surface area contributed by atoms with Gasteiger partial charge in [-0.05, 0) is 19.1 Å². The molecular formula is C14H22N2O3. The molecule has 0 amide bonds. The van der Waals surface area contributed by atoms with Crippen LogP contribution in [0.15, 0.2) is 18.2 Å². The van der Waals surface area contributed by atoms with E-state index in [0.29, 0.717) is 30.6 Å². The second-order valence-electron chi connectivity index (χ2n) is 4.91. The molecule has 1 saturated heterocycles. The van der Waals surface area contributed by atoms with Crippen molar-refractivity contribution in [2.24, 2.45) is 0 Å². The highest BCUT2D eigenvalue weighted by Gasteiger charge is 2.20. The summed E-state index contributed by atoms with van der Waals surface area (Å²) >= 11 is 0. The molecule has 1 aromatic rings. The smallest absolute Gasteiger partial charge is 0.162 e. The fourth-order valence-electron chi connectivity index (χ4n) is 2.36. The number of hydrogen-bond donors (Lipinski definition) is 2. The summed E-state index contributed by atoms with van der Waals surface area (Å²) < 4.78 is 10.6. The Morgan fingerprint density at radius 1 is 1.21 bits per heavy atom. The van der Waals surface area contributed by atoms with Crippen LogP contribution < -0.4 is 19.7 Å².